The number of aryl methyl sites for hydroxylation is 2. The molecule has 4 heterocycles. The van der Waals surface area contributed by atoms with E-state index in [0.29, 0.717) is 45.7 Å². The van der Waals surface area contributed by atoms with Gasteiger partial charge in [-0.05, 0) is 71.4 Å². The van der Waals surface area contributed by atoms with Crippen LogP contribution in [0.4, 0.5) is 0 Å². The Bertz CT molecular complexity index is 1600. The number of aromatic nitrogens is 5. The van der Waals surface area contributed by atoms with Crippen LogP contribution in [0.2, 0.25) is 0 Å². The molecule has 10 heteroatoms. The van der Waals surface area contributed by atoms with Gasteiger partial charge < -0.3 is 4.90 Å². The summed E-state index contributed by atoms with van der Waals surface area (Å²) in [6, 6.07) is 8.89. The Morgan fingerprint density at radius 3 is 2.51 bits per heavy atom. The van der Waals surface area contributed by atoms with E-state index in [0.717, 1.165) is 16.7 Å². The van der Waals surface area contributed by atoms with Crippen LogP contribution in [0.5, 0.6) is 0 Å². The number of fused-ring (bicyclic) bond motifs is 1. The third-order valence-corrected chi connectivity index (χ3v) is 7.64. The average molecular weight is 589 g/mol. The summed E-state index contributed by atoms with van der Waals surface area (Å²) in [5, 5.41) is 5.17. The number of hydrogen-bond acceptors (Lipinski definition) is 7. The third-order valence-electron chi connectivity index (χ3n) is 7.19. The van der Waals surface area contributed by atoms with Crippen LogP contribution in [0.25, 0.3) is 22.0 Å². The lowest BCUT2D eigenvalue weighted by atomic mass is 10.00. The minimum absolute atomic E-state index is 0.0268. The van der Waals surface area contributed by atoms with Crippen LogP contribution in [0, 0.1) is 19.8 Å². The molecule has 0 aliphatic carbocycles. The second-order valence-electron chi connectivity index (χ2n) is 10.3. The molecule has 5 rings (SSSR count). The molecule has 3 aromatic heterocycles. The molecule has 0 N–H and O–H groups in total. The predicted molar refractivity (Wildman–Crippen MR) is 150 cm³/mol. The number of likely N-dealkylation sites (tertiary alicyclic amines) is 1. The van der Waals surface area contributed by atoms with Gasteiger partial charge in [0.05, 0.1) is 23.7 Å². The average Bonchev–Trinajstić information content (AvgIpc) is 3.47. The number of amides is 1. The Labute approximate surface area is 234 Å². The highest BCUT2D eigenvalue weighted by Crippen LogP contribution is 2.29. The molecule has 1 aliphatic rings. The van der Waals surface area contributed by atoms with E-state index >= 15 is 0 Å². The molecule has 200 valence electrons. The maximum absolute atomic E-state index is 13.6. The Morgan fingerprint density at radius 2 is 1.79 bits per heavy atom. The highest BCUT2D eigenvalue weighted by Gasteiger charge is 2.38. The van der Waals surface area contributed by atoms with E-state index in [1.165, 1.54) is 6.92 Å². The molecular formula is C29H29BrN6O3. The van der Waals surface area contributed by atoms with Crippen molar-refractivity contribution in [3.8, 4) is 11.1 Å². The highest BCUT2D eigenvalue weighted by atomic mass is 79.9. The number of carbonyl (C=O) groups excluding carboxylic acids is 3. The lowest BCUT2D eigenvalue weighted by Crippen LogP contribution is -2.43. The second kappa shape index (κ2) is 10.8. The number of nitrogens with zero attached hydrogens (tertiary/aromatic N) is 6. The third kappa shape index (κ3) is 5.52. The fourth-order valence-corrected chi connectivity index (χ4v) is 5.48. The first kappa shape index (κ1) is 26.8. The van der Waals surface area contributed by atoms with E-state index in [1.807, 2.05) is 51.1 Å². The molecule has 0 spiro atoms. The van der Waals surface area contributed by atoms with E-state index in [4.69, 9.17) is 0 Å². The van der Waals surface area contributed by atoms with E-state index in [2.05, 4.69) is 36.0 Å². The summed E-state index contributed by atoms with van der Waals surface area (Å²) < 4.78 is 2.24. The van der Waals surface area contributed by atoms with Crippen molar-refractivity contribution >= 4 is 44.3 Å². The van der Waals surface area contributed by atoms with Crippen molar-refractivity contribution in [3.63, 3.8) is 0 Å². The number of halogens is 1. The molecule has 1 aliphatic heterocycles. The molecule has 0 unspecified atom stereocenters. The van der Waals surface area contributed by atoms with Crippen molar-refractivity contribution in [1.29, 1.82) is 0 Å². The fourth-order valence-electron chi connectivity index (χ4n) is 5.13. The fraction of sp³-hybridized carbons (Fsp3) is 0.345. The second-order valence-corrected chi connectivity index (χ2v) is 11.1. The summed E-state index contributed by atoms with van der Waals surface area (Å²) in [7, 11) is 0. The minimum Gasteiger partial charge on any atom is -0.331 e. The summed E-state index contributed by atoms with van der Waals surface area (Å²) in [5.41, 5.74) is 4.29. The number of ketones is 2. The summed E-state index contributed by atoms with van der Waals surface area (Å²) >= 11 is 3.38. The van der Waals surface area contributed by atoms with Gasteiger partial charge in [0.1, 0.15) is 22.7 Å². The smallest absolute Gasteiger partial charge is 0.244 e. The number of Topliss-reactive ketones (excluding diaryl/α,β-unsaturated/α-hetero) is 2. The molecule has 1 fully saturated rings. The Hall–Kier alpha value is -3.79. The zero-order valence-electron chi connectivity index (χ0n) is 22.3. The summed E-state index contributed by atoms with van der Waals surface area (Å²) in [4.78, 5) is 54.1. The summed E-state index contributed by atoms with van der Waals surface area (Å²) in [6.45, 7) is 7.68. The Morgan fingerprint density at radius 1 is 1.05 bits per heavy atom. The largest absolute Gasteiger partial charge is 0.331 e. The van der Waals surface area contributed by atoms with Crippen molar-refractivity contribution in [2.24, 2.45) is 5.92 Å². The topological polar surface area (TPSA) is 111 Å². The van der Waals surface area contributed by atoms with Gasteiger partial charge in [-0.1, -0.05) is 19.1 Å². The number of pyridine rings is 1. The predicted octanol–water partition coefficient (Wildman–Crippen LogP) is 4.52. The molecule has 1 aromatic carbocycles. The molecule has 0 bridgehead atoms. The van der Waals surface area contributed by atoms with Gasteiger partial charge in [-0.3, -0.25) is 19.1 Å². The molecule has 0 saturated carbocycles. The zero-order chi connectivity index (χ0) is 27.8. The Kier molecular flexibility index (Phi) is 7.40. The van der Waals surface area contributed by atoms with Crippen LogP contribution in [-0.4, -0.2) is 59.7 Å². The lowest BCUT2D eigenvalue weighted by Gasteiger charge is -2.24. The van der Waals surface area contributed by atoms with Crippen molar-refractivity contribution in [3.05, 3.63) is 70.1 Å². The van der Waals surface area contributed by atoms with Gasteiger partial charge in [0.15, 0.2) is 11.6 Å². The maximum atomic E-state index is 13.6. The molecular weight excluding hydrogens is 560 g/mol. The molecule has 0 radical (unpaired) electrons. The van der Waals surface area contributed by atoms with Crippen molar-refractivity contribution in [1.82, 2.24) is 29.6 Å². The number of carbonyl (C=O) groups is 3. The number of benzene rings is 1. The van der Waals surface area contributed by atoms with Crippen molar-refractivity contribution in [2.45, 2.75) is 53.1 Å². The zero-order valence-corrected chi connectivity index (χ0v) is 23.9. The molecule has 1 saturated heterocycles. The van der Waals surface area contributed by atoms with Crippen molar-refractivity contribution < 1.29 is 14.4 Å². The van der Waals surface area contributed by atoms with Crippen LogP contribution >= 0.6 is 15.9 Å². The summed E-state index contributed by atoms with van der Waals surface area (Å²) in [6.07, 6.45) is 4.25. The van der Waals surface area contributed by atoms with Gasteiger partial charge in [0, 0.05) is 36.8 Å². The monoisotopic (exact) mass is 588 g/mol. The van der Waals surface area contributed by atoms with Crippen LogP contribution in [0.15, 0.2) is 47.3 Å². The van der Waals surface area contributed by atoms with E-state index < -0.39 is 6.04 Å². The highest BCUT2D eigenvalue weighted by molar-refractivity contribution is 9.10. The number of rotatable bonds is 7. The normalized spacial score (nSPS) is 17.1. The molecule has 4 aromatic rings. The Balaban J connectivity index is 1.41. The maximum Gasteiger partial charge on any atom is 0.244 e. The molecule has 1 amide bonds. The quantitative estimate of drug-likeness (QED) is 0.230. The van der Waals surface area contributed by atoms with Gasteiger partial charge in [0.2, 0.25) is 5.91 Å². The van der Waals surface area contributed by atoms with Gasteiger partial charge >= 0.3 is 0 Å². The van der Waals surface area contributed by atoms with Crippen LogP contribution in [-0.2, 0) is 22.6 Å². The lowest BCUT2D eigenvalue weighted by molar-refractivity contribution is -0.138. The van der Waals surface area contributed by atoms with Gasteiger partial charge in [-0.2, -0.15) is 5.10 Å². The molecule has 39 heavy (non-hydrogen) atoms. The van der Waals surface area contributed by atoms with Crippen LogP contribution < -0.4 is 0 Å². The van der Waals surface area contributed by atoms with E-state index in [1.54, 1.807) is 22.0 Å². The first-order valence-corrected chi connectivity index (χ1v) is 13.6. The van der Waals surface area contributed by atoms with Gasteiger partial charge in [-0.15, -0.1) is 0 Å². The van der Waals surface area contributed by atoms with Crippen LogP contribution in [0.3, 0.4) is 0 Å². The van der Waals surface area contributed by atoms with Gasteiger partial charge in [0.25, 0.3) is 0 Å². The van der Waals surface area contributed by atoms with E-state index in [9.17, 15) is 14.4 Å². The van der Waals surface area contributed by atoms with Crippen LogP contribution in [0.1, 0.15) is 47.8 Å². The standard InChI is InChI=1S/C29H29BrN6O3/c1-16-9-25(26(38)11-23-17(2)5-8-27(30)33-23)35(14-16)28(39)15-36-24-7-6-20(21-12-31-19(4)32-13-21)10-22(24)29(34-36)18(3)37/h5-8,10,12-13,16,25H,9,11,14-15H2,1-4H3/t16-,25-/m0/s1. The minimum atomic E-state index is -0.519. The molecule has 2 atom stereocenters. The number of hydrogen-bond donors (Lipinski definition) is 0. The summed E-state index contributed by atoms with van der Waals surface area (Å²) in [5.74, 6) is 0.448. The first-order chi connectivity index (χ1) is 18.6. The molecule has 9 nitrogen and oxygen atoms in total. The van der Waals surface area contributed by atoms with E-state index in [-0.39, 0.29) is 36.4 Å². The SMILES string of the molecule is CC(=O)c1nn(CC(=O)N2C[C@@H](C)C[C@H]2C(=O)Cc2nc(Br)ccc2C)c2ccc(-c3cnc(C)nc3)cc12. The van der Waals surface area contributed by atoms with Crippen molar-refractivity contribution in [2.75, 3.05) is 6.54 Å². The first-order valence-electron chi connectivity index (χ1n) is 12.9. The van der Waals surface area contributed by atoms with Gasteiger partial charge in [-0.25, -0.2) is 15.0 Å².